The summed E-state index contributed by atoms with van der Waals surface area (Å²) in [6.45, 7) is 4.70. The summed E-state index contributed by atoms with van der Waals surface area (Å²) in [6.07, 6.45) is 1.02. The highest BCUT2D eigenvalue weighted by atomic mass is 16.3. The summed E-state index contributed by atoms with van der Waals surface area (Å²) < 4.78 is 0. The lowest BCUT2D eigenvalue weighted by atomic mass is 9.88. The highest BCUT2D eigenvalue weighted by molar-refractivity contribution is 5.20. The Balaban J connectivity index is 2.05. The second-order valence-electron chi connectivity index (χ2n) is 4.96. The molecule has 0 spiro atoms. The highest BCUT2D eigenvalue weighted by Crippen LogP contribution is 2.32. The summed E-state index contributed by atoms with van der Waals surface area (Å²) in [7, 11) is 0. The molecular formula is C13H19NO. The van der Waals surface area contributed by atoms with Crippen LogP contribution < -0.4 is 5.32 Å². The lowest BCUT2D eigenvalue weighted by Gasteiger charge is -2.24. The molecule has 0 saturated carbocycles. The monoisotopic (exact) mass is 205 g/mol. The molecule has 2 nitrogen and oxygen atoms in total. The summed E-state index contributed by atoms with van der Waals surface area (Å²) in [5.41, 5.74) is 0.750. The number of nitrogens with one attached hydrogen (secondary N) is 1. The quantitative estimate of drug-likeness (QED) is 0.775. The van der Waals surface area contributed by atoms with Crippen LogP contribution in [0.2, 0.25) is 0 Å². The minimum atomic E-state index is -0.573. The second-order valence-corrected chi connectivity index (χ2v) is 4.96. The van der Waals surface area contributed by atoms with Gasteiger partial charge in [0, 0.05) is 18.5 Å². The van der Waals surface area contributed by atoms with Crippen molar-refractivity contribution < 1.29 is 5.11 Å². The molecule has 1 aliphatic heterocycles. The van der Waals surface area contributed by atoms with E-state index in [1.807, 2.05) is 19.9 Å². The van der Waals surface area contributed by atoms with E-state index in [4.69, 9.17) is 0 Å². The predicted molar refractivity (Wildman–Crippen MR) is 61.6 cm³/mol. The third kappa shape index (κ3) is 2.39. The van der Waals surface area contributed by atoms with Gasteiger partial charge in [-0.15, -0.1) is 0 Å². The maximum atomic E-state index is 9.94. The largest absolute Gasteiger partial charge is 0.390 e. The van der Waals surface area contributed by atoms with Gasteiger partial charge in [-0.2, -0.15) is 0 Å². The van der Waals surface area contributed by atoms with Crippen molar-refractivity contribution in [2.45, 2.75) is 31.9 Å². The summed E-state index contributed by atoms with van der Waals surface area (Å²) in [4.78, 5) is 0. The van der Waals surface area contributed by atoms with Crippen LogP contribution in [-0.4, -0.2) is 17.3 Å². The molecule has 2 unspecified atom stereocenters. The Bertz CT molecular complexity index is 315. The second kappa shape index (κ2) is 3.95. The predicted octanol–water partition coefficient (Wildman–Crippen LogP) is 2.11. The first-order chi connectivity index (χ1) is 7.07. The van der Waals surface area contributed by atoms with E-state index in [-0.39, 0.29) is 0 Å². The standard InChI is InChI=1S/C13H19NO/c1-13(2,15)11-8-12(14-9-11)10-6-4-3-5-7-10/h3-7,11-12,14-15H,8-9H2,1-2H3. The zero-order valence-electron chi connectivity index (χ0n) is 9.40. The van der Waals surface area contributed by atoms with Gasteiger partial charge in [-0.05, 0) is 25.8 Å². The minimum absolute atomic E-state index is 0.350. The van der Waals surface area contributed by atoms with E-state index in [1.54, 1.807) is 0 Å². The molecular weight excluding hydrogens is 186 g/mol. The van der Waals surface area contributed by atoms with Gasteiger partial charge in [0.25, 0.3) is 0 Å². The highest BCUT2D eigenvalue weighted by Gasteiger charge is 2.34. The van der Waals surface area contributed by atoms with Gasteiger partial charge in [-0.3, -0.25) is 0 Å². The van der Waals surface area contributed by atoms with Crippen LogP contribution in [0.4, 0.5) is 0 Å². The molecule has 2 heteroatoms. The van der Waals surface area contributed by atoms with E-state index in [0.717, 1.165) is 13.0 Å². The van der Waals surface area contributed by atoms with Crippen LogP contribution in [0.5, 0.6) is 0 Å². The topological polar surface area (TPSA) is 32.3 Å². The first-order valence-electron chi connectivity index (χ1n) is 5.58. The molecule has 2 atom stereocenters. The van der Waals surface area contributed by atoms with Crippen molar-refractivity contribution in [1.29, 1.82) is 0 Å². The van der Waals surface area contributed by atoms with Gasteiger partial charge in [-0.1, -0.05) is 30.3 Å². The third-order valence-corrected chi connectivity index (χ3v) is 3.33. The van der Waals surface area contributed by atoms with Crippen LogP contribution in [0.15, 0.2) is 30.3 Å². The molecule has 1 aliphatic rings. The molecule has 0 bridgehead atoms. The first kappa shape index (κ1) is 10.7. The average molecular weight is 205 g/mol. The molecule has 0 amide bonds. The minimum Gasteiger partial charge on any atom is -0.390 e. The average Bonchev–Trinajstić information content (AvgIpc) is 2.67. The summed E-state index contributed by atoms with van der Waals surface area (Å²) in [5, 5.41) is 13.4. The normalized spacial score (nSPS) is 26.9. The maximum absolute atomic E-state index is 9.94. The number of benzene rings is 1. The van der Waals surface area contributed by atoms with Gasteiger partial charge >= 0.3 is 0 Å². The molecule has 0 aromatic heterocycles. The van der Waals surface area contributed by atoms with Crippen LogP contribution in [0.25, 0.3) is 0 Å². The molecule has 82 valence electrons. The van der Waals surface area contributed by atoms with Crippen molar-refractivity contribution in [2.75, 3.05) is 6.54 Å². The Morgan fingerprint density at radius 1 is 1.27 bits per heavy atom. The Kier molecular flexibility index (Phi) is 2.81. The maximum Gasteiger partial charge on any atom is 0.0632 e. The van der Waals surface area contributed by atoms with E-state index in [9.17, 15) is 5.11 Å². The fourth-order valence-electron chi connectivity index (χ4n) is 2.21. The third-order valence-electron chi connectivity index (χ3n) is 3.33. The van der Waals surface area contributed by atoms with Gasteiger partial charge in [0.1, 0.15) is 0 Å². The van der Waals surface area contributed by atoms with Crippen molar-refractivity contribution in [3.8, 4) is 0 Å². The van der Waals surface area contributed by atoms with E-state index >= 15 is 0 Å². The molecule has 0 aliphatic carbocycles. The lowest BCUT2D eigenvalue weighted by Crippen LogP contribution is -2.32. The smallest absolute Gasteiger partial charge is 0.0632 e. The van der Waals surface area contributed by atoms with Crippen molar-refractivity contribution in [3.05, 3.63) is 35.9 Å². The van der Waals surface area contributed by atoms with Crippen LogP contribution in [0.3, 0.4) is 0 Å². The van der Waals surface area contributed by atoms with E-state index < -0.39 is 5.60 Å². The number of hydrogen-bond acceptors (Lipinski definition) is 2. The van der Waals surface area contributed by atoms with Crippen LogP contribution in [-0.2, 0) is 0 Å². The Morgan fingerprint density at radius 3 is 2.47 bits per heavy atom. The molecule has 1 saturated heterocycles. The van der Waals surface area contributed by atoms with E-state index in [1.165, 1.54) is 5.56 Å². The van der Waals surface area contributed by atoms with Gasteiger partial charge in [0.05, 0.1) is 5.60 Å². The van der Waals surface area contributed by atoms with Gasteiger partial charge < -0.3 is 10.4 Å². The van der Waals surface area contributed by atoms with Crippen LogP contribution in [0, 0.1) is 5.92 Å². The number of aliphatic hydroxyl groups is 1. The summed E-state index contributed by atoms with van der Waals surface area (Å²) >= 11 is 0. The Morgan fingerprint density at radius 2 is 1.93 bits per heavy atom. The zero-order chi connectivity index (χ0) is 10.9. The van der Waals surface area contributed by atoms with Crippen molar-refractivity contribution in [2.24, 2.45) is 5.92 Å². The SMILES string of the molecule is CC(C)(O)C1CNC(c2ccccc2)C1. The molecule has 0 radical (unpaired) electrons. The Labute approximate surface area is 91.3 Å². The fourth-order valence-corrected chi connectivity index (χ4v) is 2.21. The lowest BCUT2D eigenvalue weighted by molar-refractivity contribution is 0.0246. The Hall–Kier alpha value is -0.860. The molecule has 15 heavy (non-hydrogen) atoms. The first-order valence-corrected chi connectivity index (χ1v) is 5.58. The van der Waals surface area contributed by atoms with Crippen LogP contribution >= 0.6 is 0 Å². The zero-order valence-corrected chi connectivity index (χ0v) is 9.40. The van der Waals surface area contributed by atoms with Gasteiger partial charge in [-0.25, -0.2) is 0 Å². The van der Waals surface area contributed by atoms with Gasteiger partial charge in [0.2, 0.25) is 0 Å². The summed E-state index contributed by atoms with van der Waals surface area (Å²) in [6, 6.07) is 10.9. The molecule has 1 aromatic rings. The van der Waals surface area contributed by atoms with Crippen molar-refractivity contribution in [3.63, 3.8) is 0 Å². The number of hydrogen-bond donors (Lipinski definition) is 2. The fraction of sp³-hybridized carbons (Fsp3) is 0.538. The van der Waals surface area contributed by atoms with E-state index in [2.05, 4.69) is 29.6 Å². The summed E-state index contributed by atoms with van der Waals surface area (Å²) in [5.74, 6) is 0.350. The molecule has 1 fully saturated rings. The van der Waals surface area contributed by atoms with Crippen LogP contribution in [0.1, 0.15) is 31.9 Å². The van der Waals surface area contributed by atoms with Crippen molar-refractivity contribution in [1.82, 2.24) is 5.32 Å². The molecule has 2 N–H and O–H groups in total. The van der Waals surface area contributed by atoms with Crippen molar-refractivity contribution >= 4 is 0 Å². The van der Waals surface area contributed by atoms with E-state index in [0.29, 0.717) is 12.0 Å². The molecule has 1 aromatic carbocycles. The molecule has 2 rings (SSSR count). The number of rotatable bonds is 2. The van der Waals surface area contributed by atoms with Gasteiger partial charge in [0.15, 0.2) is 0 Å². The molecule has 1 heterocycles.